The summed E-state index contributed by atoms with van der Waals surface area (Å²) >= 11 is 0. The highest BCUT2D eigenvalue weighted by molar-refractivity contribution is 5.94. The molecule has 1 aromatic carbocycles. The molecule has 1 aromatic rings. The summed E-state index contributed by atoms with van der Waals surface area (Å²) < 4.78 is 19.2. The molecule has 2 unspecified atom stereocenters. The summed E-state index contributed by atoms with van der Waals surface area (Å²) in [5.74, 6) is 4.27. The summed E-state index contributed by atoms with van der Waals surface area (Å²) in [7, 11) is 0. The zero-order valence-electron chi connectivity index (χ0n) is 11.1. The van der Waals surface area contributed by atoms with E-state index in [0.29, 0.717) is 12.2 Å². The van der Waals surface area contributed by atoms with Gasteiger partial charge in [0.05, 0.1) is 5.69 Å². The number of aliphatic hydroxyl groups is 1. The predicted octanol–water partition coefficient (Wildman–Crippen LogP) is 1.53. The molecular weight excluding hydrogens is 261 g/mol. The molecule has 1 saturated heterocycles. The van der Waals surface area contributed by atoms with Gasteiger partial charge in [0, 0.05) is 12.2 Å². The Hall–Kier alpha value is -1.90. The summed E-state index contributed by atoms with van der Waals surface area (Å²) in [4.78, 5) is 12.0. The molecule has 2 rings (SSSR count). The van der Waals surface area contributed by atoms with Crippen LogP contribution in [0.2, 0.25) is 0 Å². The van der Waals surface area contributed by atoms with Crippen molar-refractivity contribution in [2.75, 3.05) is 18.5 Å². The summed E-state index contributed by atoms with van der Waals surface area (Å²) in [5.41, 5.74) is 0.548. The third-order valence-corrected chi connectivity index (χ3v) is 3.18. The van der Waals surface area contributed by atoms with Gasteiger partial charge in [-0.15, -0.1) is 0 Å². The summed E-state index contributed by atoms with van der Waals surface area (Å²) in [6.07, 6.45) is 0.305. The first-order valence-corrected chi connectivity index (χ1v) is 6.43. The van der Waals surface area contributed by atoms with Gasteiger partial charge in [0.15, 0.2) is 0 Å². The molecule has 106 valence electrons. The van der Waals surface area contributed by atoms with Gasteiger partial charge in [0.25, 0.3) is 5.91 Å². The molecule has 0 aromatic heterocycles. The van der Waals surface area contributed by atoms with Crippen molar-refractivity contribution in [2.45, 2.75) is 19.4 Å². The molecule has 0 saturated carbocycles. The highest BCUT2D eigenvalue weighted by Crippen LogP contribution is 2.22. The van der Waals surface area contributed by atoms with E-state index < -0.39 is 11.9 Å². The number of anilines is 1. The molecule has 2 N–H and O–H groups in total. The lowest BCUT2D eigenvalue weighted by molar-refractivity contribution is -0.126. The monoisotopic (exact) mass is 277 g/mol. The maximum atomic E-state index is 13.8. The second-order valence-electron chi connectivity index (χ2n) is 4.70. The van der Waals surface area contributed by atoms with Crippen LogP contribution in [0.5, 0.6) is 0 Å². The molecule has 1 aliphatic heterocycles. The minimum absolute atomic E-state index is 0.104. The van der Waals surface area contributed by atoms with Gasteiger partial charge in [0.1, 0.15) is 18.5 Å². The number of carbonyl (C=O) groups is 1. The molecule has 1 fully saturated rings. The van der Waals surface area contributed by atoms with E-state index in [1.165, 1.54) is 12.1 Å². The maximum absolute atomic E-state index is 13.8. The molecule has 0 radical (unpaired) electrons. The first kappa shape index (κ1) is 14.5. The molecule has 1 aliphatic rings. The molecule has 0 aliphatic carbocycles. The molecule has 4 nitrogen and oxygen atoms in total. The highest BCUT2D eigenvalue weighted by Gasteiger charge is 2.31. The van der Waals surface area contributed by atoms with E-state index in [4.69, 9.17) is 9.84 Å². The number of carbonyl (C=O) groups excluding carboxylic acids is 1. The van der Waals surface area contributed by atoms with Crippen molar-refractivity contribution in [3.05, 3.63) is 29.6 Å². The average molecular weight is 277 g/mol. The van der Waals surface area contributed by atoms with Crippen molar-refractivity contribution in [2.24, 2.45) is 5.92 Å². The van der Waals surface area contributed by atoms with E-state index in [0.717, 1.165) is 6.42 Å². The van der Waals surface area contributed by atoms with Crippen LogP contribution in [0.3, 0.4) is 0 Å². The number of benzene rings is 1. The van der Waals surface area contributed by atoms with Crippen LogP contribution in [0.25, 0.3) is 0 Å². The number of amides is 1. The lowest BCUT2D eigenvalue weighted by Crippen LogP contribution is -2.31. The Morgan fingerprint density at radius 1 is 1.60 bits per heavy atom. The Labute approximate surface area is 116 Å². The molecule has 0 spiro atoms. The van der Waals surface area contributed by atoms with E-state index in [-0.39, 0.29) is 24.1 Å². The first-order valence-electron chi connectivity index (χ1n) is 6.43. The first-order chi connectivity index (χ1) is 9.61. The van der Waals surface area contributed by atoms with Gasteiger partial charge in [-0.05, 0) is 30.5 Å². The van der Waals surface area contributed by atoms with Gasteiger partial charge >= 0.3 is 0 Å². The molecular formula is C15H16FNO3. The number of ether oxygens (including phenoxy) is 1. The van der Waals surface area contributed by atoms with Crippen LogP contribution in [-0.4, -0.2) is 30.3 Å². The van der Waals surface area contributed by atoms with Crippen molar-refractivity contribution in [1.82, 2.24) is 0 Å². The van der Waals surface area contributed by atoms with Crippen molar-refractivity contribution in [3.8, 4) is 11.8 Å². The Bertz CT molecular complexity index is 562. The van der Waals surface area contributed by atoms with Crippen molar-refractivity contribution in [1.29, 1.82) is 0 Å². The van der Waals surface area contributed by atoms with E-state index in [9.17, 15) is 9.18 Å². The second kappa shape index (κ2) is 6.51. The molecule has 0 bridgehead atoms. The maximum Gasteiger partial charge on any atom is 0.253 e. The second-order valence-corrected chi connectivity index (χ2v) is 4.70. The number of hydrogen-bond acceptors (Lipinski definition) is 3. The highest BCUT2D eigenvalue weighted by atomic mass is 19.1. The van der Waals surface area contributed by atoms with Crippen LogP contribution in [-0.2, 0) is 9.53 Å². The Kier molecular flexibility index (Phi) is 4.72. The van der Waals surface area contributed by atoms with Crippen molar-refractivity contribution in [3.63, 3.8) is 0 Å². The van der Waals surface area contributed by atoms with Gasteiger partial charge in [-0.1, -0.05) is 18.8 Å². The largest absolute Gasteiger partial charge is 0.384 e. The lowest BCUT2D eigenvalue weighted by atomic mass is 10.0. The van der Waals surface area contributed by atoms with E-state index >= 15 is 0 Å². The zero-order chi connectivity index (χ0) is 14.5. The van der Waals surface area contributed by atoms with Crippen LogP contribution in [0, 0.1) is 23.6 Å². The summed E-state index contributed by atoms with van der Waals surface area (Å²) in [6, 6.07) is 4.26. The van der Waals surface area contributed by atoms with E-state index in [1.807, 2.05) is 6.92 Å². The van der Waals surface area contributed by atoms with Crippen molar-refractivity contribution >= 4 is 11.6 Å². The number of halogens is 1. The summed E-state index contributed by atoms with van der Waals surface area (Å²) in [5, 5.41) is 11.1. The van der Waals surface area contributed by atoms with Crippen molar-refractivity contribution < 1.29 is 19.0 Å². The fourth-order valence-electron chi connectivity index (χ4n) is 2.07. The number of rotatable bonds is 2. The summed E-state index contributed by atoms with van der Waals surface area (Å²) in [6.45, 7) is 2.20. The number of nitrogens with one attached hydrogen (secondary N) is 1. The fraction of sp³-hybridized carbons (Fsp3) is 0.400. The van der Waals surface area contributed by atoms with Gasteiger partial charge < -0.3 is 15.2 Å². The van der Waals surface area contributed by atoms with Crippen LogP contribution >= 0.6 is 0 Å². The van der Waals surface area contributed by atoms with Crippen LogP contribution < -0.4 is 5.32 Å². The number of aliphatic hydroxyl groups excluding tert-OH is 1. The SMILES string of the molecule is CC1CCOC1C(=O)Nc1ccc(C#CCO)cc1F. The Morgan fingerprint density at radius 2 is 2.40 bits per heavy atom. The standard InChI is InChI=1S/C15H16FNO3/c1-10-6-8-20-14(10)15(19)17-13-5-4-11(3-2-7-18)9-12(13)16/h4-5,9-10,14,18H,6-8H2,1H3,(H,17,19). The normalized spacial score (nSPS) is 21.1. The molecule has 5 heteroatoms. The van der Waals surface area contributed by atoms with E-state index in [1.54, 1.807) is 6.07 Å². The molecule has 20 heavy (non-hydrogen) atoms. The molecule has 2 atom stereocenters. The third-order valence-electron chi connectivity index (χ3n) is 3.18. The Balaban J connectivity index is 2.08. The minimum atomic E-state index is -0.561. The van der Waals surface area contributed by atoms with Gasteiger partial charge in [-0.2, -0.15) is 0 Å². The van der Waals surface area contributed by atoms with Gasteiger partial charge in [-0.3, -0.25) is 4.79 Å². The smallest absolute Gasteiger partial charge is 0.253 e. The van der Waals surface area contributed by atoms with Gasteiger partial charge in [0.2, 0.25) is 0 Å². The minimum Gasteiger partial charge on any atom is -0.384 e. The van der Waals surface area contributed by atoms with Crippen LogP contribution in [0.4, 0.5) is 10.1 Å². The van der Waals surface area contributed by atoms with Crippen LogP contribution in [0.15, 0.2) is 18.2 Å². The topological polar surface area (TPSA) is 58.6 Å². The van der Waals surface area contributed by atoms with Crippen LogP contribution in [0.1, 0.15) is 18.9 Å². The lowest BCUT2D eigenvalue weighted by Gasteiger charge is -2.14. The fourth-order valence-corrected chi connectivity index (χ4v) is 2.07. The Morgan fingerprint density at radius 3 is 3.00 bits per heavy atom. The zero-order valence-corrected chi connectivity index (χ0v) is 11.1. The average Bonchev–Trinajstić information content (AvgIpc) is 2.85. The quantitative estimate of drug-likeness (QED) is 0.806. The van der Waals surface area contributed by atoms with Gasteiger partial charge in [-0.25, -0.2) is 4.39 Å². The molecule has 1 heterocycles. The molecule has 1 amide bonds. The predicted molar refractivity (Wildman–Crippen MR) is 72.5 cm³/mol. The third kappa shape index (κ3) is 3.35. The number of hydrogen-bond donors (Lipinski definition) is 2. The van der Waals surface area contributed by atoms with E-state index in [2.05, 4.69) is 17.2 Å².